The Hall–Kier alpha value is -0.677. The second-order valence-electron chi connectivity index (χ2n) is 2.90. The molecule has 0 aliphatic heterocycles. The second-order valence-corrected chi connectivity index (χ2v) is 11.5. The van der Waals surface area contributed by atoms with Crippen LogP contribution in [0.1, 0.15) is 0 Å². The third kappa shape index (κ3) is 3.15. The molecule has 0 rings (SSSR count). The molecule has 0 aliphatic rings. The van der Waals surface area contributed by atoms with Gasteiger partial charge in [-0.3, -0.25) is 0 Å². The van der Waals surface area contributed by atoms with Crippen molar-refractivity contribution in [1.82, 2.24) is 0 Å². The van der Waals surface area contributed by atoms with Crippen LogP contribution in [-0.4, -0.2) is 13.3 Å². The molecule has 0 saturated carbocycles. The minimum absolute atomic E-state index is 1.01. The van der Waals surface area contributed by atoms with E-state index in [1.807, 2.05) is 18.2 Å². The maximum absolute atomic E-state index is 5.56. The van der Waals surface area contributed by atoms with Gasteiger partial charge in [-0.1, -0.05) is 0 Å². The first-order chi connectivity index (χ1) is 5.74. The average Bonchev–Trinajstić information content (AvgIpc) is 2.06. The van der Waals surface area contributed by atoms with Crippen molar-refractivity contribution in [3.8, 4) is 11.2 Å². The van der Waals surface area contributed by atoms with E-state index in [1.54, 1.807) is 0 Å². The fraction of sp³-hybridized carbons (Fsp3) is 0.273. The molecular formula is C11H16Ge. The van der Waals surface area contributed by atoms with Crippen molar-refractivity contribution >= 4 is 13.3 Å². The molecule has 0 spiro atoms. The molecule has 0 atom stereocenters. The van der Waals surface area contributed by atoms with E-state index in [2.05, 4.69) is 24.5 Å². The Morgan fingerprint density at radius 2 is 1.33 bits per heavy atom. The van der Waals surface area contributed by atoms with Crippen LogP contribution < -0.4 is 0 Å². The standard InChI is InChI=1S/C11H16Ge/c1-5-9-12(8-4,10-6-2)11-7-3/h4-7H,1-3,9-11H2. The molecule has 0 unspecified atom stereocenters. The Morgan fingerprint density at radius 3 is 1.50 bits per heavy atom. The summed E-state index contributed by atoms with van der Waals surface area (Å²) in [7, 11) is 0. The summed E-state index contributed by atoms with van der Waals surface area (Å²) in [4.78, 5) is 0. The van der Waals surface area contributed by atoms with Gasteiger partial charge >= 0.3 is 78.2 Å². The third-order valence-electron chi connectivity index (χ3n) is 1.91. The molecule has 0 nitrogen and oxygen atoms in total. The number of allylic oxidation sites excluding steroid dienone is 3. The summed E-state index contributed by atoms with van der Waals surface area (Å²) in [5.41, 5.74) is 0. The van der Waals surface area contributed by atoms with Crippen LogP contribution in [0, 0.1) is 11.2 Å². The zero-order chi connectivity index (χ0) is 9.45. The quantitative estimate of drug-likeness (QED) is 0.367. The molecule has 1 heteroatoms. The first-order valence-electron chi connectivity index (χ1n) is 4.05. The van der Waals surface area contributed by atoms with Gasteiger partial charge < -0.3 is 0 Å². The fourth-order valence-corrected chi connectivity index (χ4v) is 6.52. The van der Waals surface area contributed by atoms with E-state index >= 15 is 0 Å². The van der Waals surface area contributed by atoms with Crippen LogP contribution in [0.5, 0.6) is 0 Å². The summed E-state index contributed by atoms with van der Waals surface area (Å²) < 4.78 is 2.99. The second kappa shape index (κ2) is 5.91. The molecule has 0 heterocycles. The first-order valence-corrected chi connectivity index (χ1v) is 9.55. The predicted octanol–water partition coefficient (Wildman–Crippen LogP) is 3.17. The van der Waals surface area contributed by atoms with E-state index in [0.29, 0.717) is 0 Å². The van der Waals surface area contributed by atoms with Crippen LogP contribution in [0.15, 0.2) is 38.0 Å². The molecule has 0 amide bonds. The summed E-state index contributed by atoms with van der Waals surface area (Å²) in [5, 5.41) is 3.03. The van der Waals surface area contributed by atoms with E-state index in [9.17, 15) is 0 Å². The monoisotopic (exact) mass is 222 g/mol. The summed E-state index contributed by atoms with van der Waals surface area (Å²) in [5.74, 6) is 0. The van der Waals surface area contributed by atoms with Gasteiger partial charge in [0.2, 0.25) is 0 Å². The van der Waals surface area contributed by atoms with Crippen molar-refractivity contribution in [2.75, 3.05) is 0 Å². The van der Waals surface area contributed by atoms with Crippen molar-refractivity contribution in [1.29, 1.82) is 0 Å². The SMILES string of the molecule is C#[C][Ge]([CH2]C=C)([CH2]C=C)[CH2]C=C. The Kier molecular flexibility index (Phi) is 5.58. The molecular weight excluding hydrogens is 205 g/mol. The van der Waals surface area contributed by atoms with Gasteiger partial charge in [-0.05, 0) is 0 Å². The Labute approximate surface area is 78.4 Å². The molecule has 0 aromatic rings. The van der Waals surface area contributed by atoms with Gasteiger partial charge in [0.15, 0.2) is 0 Å². The van der Waals surface area contributed by atoms with Crippen LogP contribution in [0.4, 0.5) is 0 Å². The fourth-order valence-electron chi connectivity index (χ4n) is 1.26. The van der Waals surface area contributed by atoms with Crippen molar-refractivity contribution < 1.29 is 0 Å². The number of rotatable bonds is 6. The molecule has 0 aliphatic carbocycles. The predicted molar refractivity (Wildman–Crippen MR) is 59.6 cm³/mol. The topological polar surface area (TPSA) is 0 Å². The van der Waals surface area contributed by atoms with Crippen molar-refractivity contribution in [2.45, 2.75) is 15.8 Å². The summed E-state index contributed by atoms with van der Waals surface area (Å²) in [6, 6.07) is 0. The van der Waals surface area contributed by atoms with Gasteiger partial charge in [0.05, 0.1) is 0 Å². The van der Waals surface area contributed by atoms with Crippen LogP contribution in [0.2, 0.25) is 15.8 Å². The molecule has 12 heavy (non-hydrogen) atoms. The Bertz CT molecular complexity index is 181. The Morgan fingerprint density at radius 1 is 1.00 bits per heavy atom. The molecule has 0 fully saturated rings. The summed E-state index contributed by atoms with van der Waals surface area (Å²) in [6.45, 7) is 11.2. The zero-order valence-corrected chi connectivity index (χ0v) is 9.65. The Balaban J connectivity index is 4.49. The molecule has 0 aromatic heterocycles. The molecule has 64 valence electrons. The van der Waals surface area contributed by atoms with Crippen LogP contribution in [0.25, 0.3) is 0 Å². The molecule has 0 saturated heterocycles. The van der Waals surface area contributed by atoms with Crippen LogP contribution in [0.3, 0.4) is 0 Å². The molecule has 0 N–H and O–H groups in total. The minimum atomic E-state index is -2.11. The van der Waals surface area contributed by atoms with Crippen molar-refractivity contribution in [3.63, 3.8) is 0 Å². The van der Waals surface area contributed by atoms with Gasteiger partial charge in [0, 0.05) is 0 Å². The van der Waals surface area contributed by atoms with Gasteiger partial charge in [-0.25, -0.2) is 0 Å². The third-order valence-corrected chi connectivity index (χ3v) is 9.93. The van der Waals surface area contributed by atoms with E-state index < -0.39 is 13.3 Å². The number of hydrogen-bond donors (Lipinski definition) is 0. The maximum atomic E-state index is 5.56. The van der Waals surface area contributed by atoms with Gasteiger partial charge in [0.25, 0.3) is 0 Å². The number of terminal acetylenes is 1. The summed E-state index contributed by atoms with van der Waals surface area (Å²) in [6.07, 6.45) is 11.4. The van der Waals surface area contributed by atoms with Gasteiger partial charge in [-0.2, -0.15) is 0 Å². The average molecular weight is 221 g/mol. The van der Waals surface area contributed by atoms with Gasteiger partial charge in [0.1, 0.15) is 0 Å². The van der Waals surface area contributed by atoms with Gasteiger partial charge in [-0.15, -0.1) is 0 Å². The van der Waals surface area contributed by atoms with Crippen molar-refractivity contribution in [3.05, 3.63) is 38.0 Å². The zero-order valence-electron chi connectivity index (χ0n) is 7.55. The van der Waals surface area contributed by atoms with E-state index in [0.717, 1.165) is 15.8 Å². The van der Waals surface area contributed by atoms with E-state index in [4.69, 9.17) is 6.42 Å². The van der Waals surface area contributed by atoms with E-state index in [-0.39, 0.29) is 0 Å². The normalized spacial score (nSPS) is 9.92. The molecule has 0 radical (unpaired) electrons. The van der Waals surface area contributed by atoms with Crippen LogP contribution in [-0.2, 0) is 0 Å². The molecule has 0 aromatic carbocycles. The van der Waals surface area contributed by atoms with E-state index in [1.165, 1.54) is 0 Å². The number of hydrogen-bond acceptors (Lipinski definition) is 0. The van der Waals surface area contributed by atoms with Crippen molar-refractivity contribution in [2.24, 2.45) is 0 Å². The first kappa shape index (κ1) is 11.3. The summed E-state index contributed by atoms with van der Waals surface area (Å²) >= 11 is -2.11. The van der Waals surface area contributed by atoms with Crippen LogP contribution >= 0.6 is 0 Å². The molecule has 0 bridgehead atoms.